The first-order valence-corrected chi connectivity index (χ1v) is 6.84. The first kappa shape index (κ1) is 11.4. The first-order chi connectivity index (χ1) is 7.38. The van der Waals surface area contributed by atoms with E-state index < -0.39 is 0 Å². The predicted molar refractivity (Wildman–Crippen MR) is 65.1 cm³/mol. The van der Waals surface area contributed by atoms with Gasteiger partial charge in [-0.1, -0.05) is 19.8 Å². The summed E-state index contributed by atoms with van der Waals surface area (Å²) in [7, 11) is 0. The topological polar surface area (TPSA) is 15.3 Å². The molecule has 0 amide bonds. The Morgan fingerprint density at radius 2 is 2.20 bits per heavy atom. The second-order valence-electron chi connectivity index (χ2n) is 5.35. The second-order valence-corrected chi connectivity index (χ2v) is 5.35. The molecule has 88 valence electrons. The molecule has 0 spiro atoms. The van der Waals surface area contributed by atoms with Crippen LogP contribution in [0.3, 0.4) is 0 Å². The summed E-state index contributed by atoms with van der Waals surface area (Å²) in [5.74, 6) is 0.999. The lowest BCUT2D eigenvalue weighted by Gasteiger charge is -2.28. The summed E-state index contributed by atoms with van der Waals surface area (Å²) < 4.78 is 0. The lowest BCUT2D eigenvalue weighted by atomic mass is 10.0. The molecule has 0 aromatic carbocycles. The van der Waals surface area contributed by atoms with Gasteiger partial charge in [0.2, 0.25) is 0 Å². The van der Waals surface area contributed by atoms with Crippen LogP contribution in [0.15, 0.2) is 0 Å². The second kappa shape index (κ2) is 5.86. The predicted octanol–water partition coefficient (Wildman–Crippen LogP) is 2.25. The molecule has 2 heterocycles. The number of nitrogens with zero attached hydrogens (tertiary/aromatic N) is 1. The zero-order valence-corrected chi connectivity index (χ0v) is 10.2. The molecular weight excluding hydrogens is 184 g/mol. The van der Waals surface area contributed by atoms with Gasteiger partial charge in [-0.3, -0.25) is 0 Å². The van der Waals surface area contributed by atoms with E-state index in [0.717, 1.165) is 12.0 Å². The highest BCUT2D eigenvalue weighted by atomic mass is 15.2. The highest BCUT2D eigenvalue weighted by molar-refractivity contribution is 4.81. The number of rotatable bonds is 4. The summed E-state index contributed by atoms with van der Waals surface area (Å²) in [5.41, 5.74) is 0. The zero-order valence-electron chi connectivity index (χ0n) is 10.2. The van der Waals surface area contributed by atoms with Crippen molar-refractivity contribution in [3.8, 4) is 0 Å². The summed E-state index contributed by atoms with van der Waals surface area (Å²) in [6, 6.07) is 0.791. The van der Waals surface area contributed by atoms with E-state index >= 15 is 0 Å². The molecule has 2 fully saturated rings. The van der Waals surface area contributed by atoms with Crippen LogP contribution in [0.4, 0.5) is 0 Å². The molecule has 0 bridgehead atoms. The van der Waals surface area contributed by atoms with E-state index in [9.17, 15) is 0 Å². The summed E-state index contributed by atoms with van der Waals surface area (Å²) in [6.07, 6.45) is 8.46. The van der Waals surface area contributed by atoms with Crippen LogP contribution in [0.2, 0.25) is 0 Å². The van der Waals surface area contributed by atoms with E-state index in [0.29, 0.717) is 0 Å². The van der Waals surface area contributed by atoms with Gasteiger partial charge in [-0.25, -0.2) is 0 Å². The average Bonchev–Trinajstić information content (AvgIpc) is 2.68. The molecule has 2 atom stereocenters. The third-order valence-corrected chi connectivity index (χ3v) is 3.96. The minimum Gasteiger partial charge on any atom is -0.313 e. The molecule has 2 rings (SSSR count). The van der Waals surface area contributed by atoms with Gasteiger partial charge in [0.1, 0.15) is 0 Å². The quantitative estimate of drug-likeness (QED) is 0.765. The maximum absolute atomic E-state index is 3.65. The van der Waals surface area contributed by atoms with E-state index in [1.165, 1.54) is 64.7 Å². The van der Waals surface area contributed by atoms with Crippen LogP contribution in [-0.2, 0) is 0 Å². The largest absolute Gasteiger partial charge is 0.313 e. The van der Waals surface area contributed by atoms with E-state index in [1.54, 1.807) is 0 Å². The standard InChI is InChI=1S/C13H26N2/c1-2-5-12-7-9-15(10-12)11-13-6-3-4-8-14-13/h12-14H,2-11H2,1H3. The van der Waals surface area contributed by atoms with E-state index in [4.69, 9.17) is 0 Å². The third kappa shape index (κ3) is 3.46. The normalized spacial score (nSPS) is 33.4. The van der Waals surface area contributed by atoms with Crippen LogP contribution >= 0.6 is 0 Å². The molecule has 15 heavy (non-hydrogen) atoms. The van der Waals surface area contributed by atoms with Crippen LogP contribution in [0.5, 0.6) is 0 Å². The maximum atomic E-state index is 3.65. The van der Waals surface area contributed by atoms with Gasteiger partial charge in [-0.05, 0) is 44.7 Å². The van der Waals surface area contributed by atoms with Gasteiger partial charge < -0.3 is 10.2 Å². The van der Waals surface area contributed by atoms with Crippen LogP contribution in [0.25, 0.3) is 0 Å². The molecule has 2 heteroatoms. The highest BCUT2D eigenvalue weighted by Gasteiger charge is 2.24. The Hall–Kier alpha value is -0.0800. The van der Waals surface area contributed by atoms with Crippen molar-refractivity contribution < 1.29 is 0 Å². The lowest BCUT2D eigenvalue weighted by molar-refractivity contribution is 0.254. The lowest BCUT2D eigenvalue weighted by Crippen LogP contribution is -2.42. The van der Waals surface area contributed by atoms with Crippen molar-refractivity contribution in [3.05, 3.63) is 0 Å². The molecule has 0 radical (unpaired) electrons. The summed E-state index contributed by atoms with van der Waals surface area (Å²) in [5, 5.41) is 3.65. The molecule has 0 aromatic heterocycles. The van der Waals surface area contributed by atoms with Gasteiger partial charge in [0.25, 0.3) is 0 Å². The Morgan fingerprint density at radius 1 is 1.27 bits per heavy atom. The average molecular weight is 210 g/mol. The molecule has 0 aromatic rings. The van der Waals surface area contributed by atoms with Crippen molar-refractivity contribution in [3.63, 3.8) is 0 Å². The fraction of sp³-hybridized carbons (Fsp3) is 1.00. The monoisotopic (exact) mass is 210 g/mol. The molecule has 2 aliphatic heterocycles. The molecule has 2 saturated heterocycles. The van der Waals surface area contributed by atoms with Gasteiger partial charge in [-0.2, -0.15) is 0 Å². The first-order valence-electron chi connectivity index (χ1n) is 6.84. The molecule has 1 N–H and O–H groups in total. The fourth-order valence-electron chi connectivity index (χ4n) is 3.11. The van der Waals surface area contributed by atoms with Gasteiger partial charge >= 0.3 is 0 Å². The van der Waals surface area contributed by atoms with E-state index in [2.05, 4.69) is 17.1 Å². The highest BCUT2D eigenvalue weighted by Crippen LogP contribution is 2.21. The van der Waals surface area contributed by atoms with Crippen molar-refractivity contribution in [2.45, 2.75) is 51.5 Å². The van der Waals surface area contributed by atoms with Gasteiger partial charge in [0.05, 0.1) is 0 Å². The third-order valence-electron chi connectivity index (χ3n) is 3.96. The maximum Gasteiger partial charge on any atom is 0.0195 e. The number of likely N-dealkylation sites (tertiary alicyclic amines) is 1. The van der Waals surface area contributed by atoms with Crippen molar-refractivity contribution in [1.82, 2.24) is 10.2 Å². The molecule has 0 saturated carbocycles. The summed E-state index contributed by atoms with van der Waals surface area (Å²) in [6.45, 7) is 7.58. The Kier molecular flexibility index (Phi) is 4.45. The van der Waals surface area contributed by atoms with Crippen molar-refractivity contribution in [1.29, 1.82) is 0 Å². The molecule has 2 nitrogen and oxygen atoms in total. The number of nitrogens with one attached hydrogen (secondary N) is 1. The van der Waals surface area contributed by atoms with Gasteiger partial charge in [0.15, 0.2) is 0 Å². The van der Waals surface area contributed by atoms with E-state index in [-0.39, 0.29) is 0 Å². The van der Waals surface area contributed by atoms with Gasteiger partial charge in [-0.15, -0.1) is 0 Å². The zero-order chi connectivity index (χ0) is 10.5. The van der Waals surface area contributed by atoms with Crippen molar-refractivity contribution in [2.24, 2.45) is 5.92 Å². The molecule has 2 unspecified atom stereocenters. The minimum absolute atomic E-state index is 0.791. The number of piperidine rings is 1. The summed E-state index contributed by atoms with van der Waals surface area (Å²) in [4.78, 5) is 2.68. The molecule has 0 aliphatic carbocycles. The van der Waals surface area contributed by atoms with Crippen LogP contribution in [0, 0.1) is 5.92 Å². The Morgan fingerprint density at radius 3 is 2.93 bits per heavy atom. The van der Waals surface area contributed by atoms with Crippen LogP contribution in [-0.4, -0.2) is 37.1 Å². The van der Waals surface area contributed by atoms with Crippen molar-refractivity contribution >= 4 is 0 Å². The fourth-order valence-corrected chi connectivity index (χ4v) is 3.11. The summed E-state index contributed by atoms with van der Waals surface area (Å²) >= 11 is 0. The number of hydrogen-bond acceptors (Lipinski definition) is 2. The molecule has 2 aliphatic rings. The molecular formula is C13H26N2. The Labute approximate surface area is 94.4 Å². The Balaban J connectivity index is 1.67. The SMILES string of the molecule is CCCC1CCN(CC2CCCCN2)C1. The van der Waals surface area contributed by atoms with E-state index in [1.807, 2.05) is 0 Å². The van der Waals surface area contributed by atoms with Gasteiger partial charge in [0, 0.05) is 19.1 Å². The van der Waals surface area contributed by atoms with Crippen molar-refractivity contribution in [2.75, 3.05) is 26.2 Å². The Bertz CT molecular complexity index is 175. The van der Waals surface area contributed by atoms with Crippen LogP contribution < -0.4 is 5.32 Å². The smallest absolute Gasteiger partial charge is 0.0195 e. The minimum atomic E-state index is 0.791. The van der Waals surface area contributed by atoms with Crippen LogP contribution in [0.1, 0.15) is 45.4 Å². The number of hydrogen-bond donors (Lipinski definition) is 1.